The van der Waals surface area contributed by atoms with Gasteiger partial charge in [-0.2, -0.15) is 0 Å². The summed E-state index contributed by atoms with van der Waals surface area (Å²) in [7, 11) is -2.02. The van der Waals surface area contributed by atoms with Crippen LogP contribution in [-0.2, 0) is 29.4 Å². The van der Waals surface area contributed by atoms with Gasteiger partial charge >= 0.3 is 5.97 Å². The average molecular weight is 451 g/mol. The number of sulfonamides is 1. The molecule has 6 nitrogen and oxygen atoms in total. The largest absolute Gasteiger partial charge is 0.478 e. The molecule has 2 N–H and O–H groups in total. The maximum atomic E-state index is 13.0. The number of aryl methyl sites for hydroxylation is 2. The summed E-state index contributed by atoms with van der Waals surface area (Å²) in [6.07, 6.45) is 4.04. The molecular formula is C25H26N2O4S. The number of anilines is 2. The summed E-state index contributed by atoms with van der Waals surface area (Å²) in [6.45, 7) is 0.529. The zero-order chi connectivity index (χ0) is 22.7. The Morgan fingerprint density at radius 1 is 0.969 bits per heavy atom. The van der Waals surface area contributed by atoms with E-state index in [0.29, 0.717) is 12.2 Å². The zero-order valence-corrected chi connectivity index (χ0v) is 18.7. The Morgan fingerprint density at radius 2 is 1.69 bits per heavy atom. The van der Waals surface area contributed by atoms with Crippen LogP contribution in [0.1, 0.15) is 39.9 Å². The van der Waals surface area contributed by atoms with Gasteiger partial charge in [0.1, 0.15) is 0 Å². The monoisotopic (exact) mass is 450 g/mol. The first kappa shape index (κ1) is 21.9. The molecule has 3 aromatic rings. The van der Waals surface area contributed by atoms with Crippen LogP contribution >= 0.6 is 0 Å². The number of aromatic carboxylic acids is 1. The minimum atomic E-state index is -3.83. The molecule has 0 spiro atoms. The smallest absolute Gasteiger partial charge is 0.337 e. The van der Waals surface area contributed by atoms with Gasteiger partial charge < -0.3 is 10.0 Å². The maximum absolute atomic E-state index is 13.0. The zero-order valence-electron chi connectivity index (χ0n) is 17.9. The summed E-state index contributed by atoms with van der Waals surface area (Å²) in [4.78, 5) is 14.0. The molecule has 0 bridgehead atoms. The Bertz CT molecular complexity index is 1240. The third kappa shape index (κ3) is 4.78. The molecule has 3 aromatic carbocycles. The molecule has 7 heteroatoms. The van der Waals surface area contributed by atoms with E-state index in [0.717, 1.165) is 36.8 Å². The Kier molecular flexibility index (Phi) is 6.19. The number of carbonyl (C=O) groups is 1. The van der Waals surface area contributed by atoms with Crippen molar-refractivity contribution >= 4 is 27.4 Å². The highest BCUT2D eigenvalue weighted by atomic mass is 32.2. The van der Waals surface area contributed by atoms with E-state index in [1.54, 1.807) is 24.3 Å². The molecule has 0 aliphatic heterocycles. The number of nitrogens with one attached hydrogen (secondary N) is 1. The molecule has 0 heterocycles. The second-order valence-corrected chi connectivity index (χ2v) is 9.80. The van der Waals surface area contributed by atoms with Gasteiger partial charge in [0.25, 0.3) is 10.0 Å². The molecule has 166 valence electrons. The molecule has 0 radical (unpaired) electrons. The quantitative estimate of drug-likeness (QED) is 0.545. The number of nitrogens with zero attached hydrogens (tertiary/aromatic N) is 1. The number of hydrogen-bond donors (Lipinski definition) is 2. The number of fused-ring (bicyclic) bond motifs is 1. The minimum absolute atomic E-state index is 0.0362. The molecule has 0 saturated heterocycles. The fraction of sp³-hybridized carbons (Fsp3) is 0.240. The van der Waals surface area contributed by atoms with Crippen molar-refractivity contribution in [1.29, 1.82) is 0 Å². The Hall–Kier alpha value is -3.32. The first-order valence-electron chi connectivity index (χ1n) is 10.6. The van der Waals surface area contributed by atoms with Gasteiger partial charge in [-0.3, -0.25) is 4.72 Å². The molecular weight excluding hydrogens is 424 g/mol. The second-order valence-electron chi connectivity index (χ2n) is 8.12. The van der Waals surface area contributed by atoms with Gasteiger partial charge in [0, 0.05) is 19.3 Å². The molecule has 0 saturated carbocycles. The average Bonchev–Trinajstić information content (AvgIpc) is 2.79. The Labute approximate surface area is 188 Å². The fourth-order valence-electron chi connectivity index (χ4n) is 4.14. The van der Waals surface area contributed by atoms with E-state index in [1.807, 2.05) is 48.3 Å². The normalized spacial score (nSPS) is 13.3. The van der Waals surface area contributed by atoms with Crippen molar-refractivity contribution in [2.45, 2.75) is 37.1 Å². The van der Waals surface area contributed by atoms with Crippen molar-refractivity contribution in [3.8, 4) is 0 Å². The topological polar surface area (TPSA) is 86.7 Å². The van der Waals surface area contributed by atoms with Gasteiger partial charge in [-0.15, -0.1) is 0 Å². The molecule has 1 aliphatic carbocycles. The van der Waals surface area contributed by atoms with Crippen molar-refractivity contribution in [3.63, 3.8) is 0 Å². The van der Waals surface area contributed by atoms with Gasteiger partial charge in [-0.1, -0.05) is 36.4 Å². The highest BCUT2D eigenvalue weighted by molar-refractivity contribution is 7.92. The number of carboxylic acids is 1. The lowest BCUT2D eigenvalue weighted by Gasteiger charge is -2.22. The SMILES string of the molecule is CN(Cc1ccccc1)c1ccc(NS(=O)(=O)c2ccc3c(c2)CCCC3)cc1C(=O)O. The minimum Gasteiger partial charge on any atom is -0.478 e. The standard InChI is InChI=1S/C25H26N2O4S/c1-27(17-18-7-3-2-4-8-18)24-14-12-21(16-23(24)25(28)29)26-32(30,31)22-13-11-19-9-5-6-10-20(19)15-22/h2-4,7-8,11-16,26H,5-6,9-10,17H2,1H3,(H,28,29). The highest BCUT2D eigenvalue weighted by Gasteiger charge is 2.20. The van der Waals surface area contributed by atoms with Crippen LogP contribution in [0.4, 0.5) is 11.4 Å². The van der Waals surface area contributed by atoms with E-state index in [-0.39, 0.29) is 16.1 Å². The summed E-state index contributed by atoms with van der Waals surface area (Å²) in [5, 5.41) is 9.75. The molecule has 0 atom stereocenters. The third-order valence-electron chi connectivity index (χ3n) is 5.78. The van der Waals surface area contributed by atoms with Gasteiger partial charge in [0.2, 0.25) is 0 Å². The number of benzene rings is 3. The van der Waals surface area contributed by atoms with Gasteiger partial charge in [-0.05, 0) is 72.7 Å². The van der Waals surface area contributed by atoms with Crippen LogP contribution in [0.2, 0.25) is 0 Å². The van der Waals surface area contributed by atoms with Gasteiger partial charge in [0.15, 0.2) is 0 Å². The maximum Gasteiger partial charge on any atom is 0.337 e. The highest BCUT2D eigenvalue weighted by Crippen LogP contribution is 2.28. The van der Waals surface area contributed by atoms with E-state index in [4.69, 9.17) is 0 Å². The summed E-state index contributed by atoms with van der Waals surface area (Å²) >= 11 is 0. The van der Waals surface area contributed by atoms with Crippen molar-refractivity contribution in [2.75, 3.05) is 16.7 Å². The van der Waals surface area contributed by atoms with Crippen LogP contribution in [0, 0.1) is 0 Å². The van der Waals surface area contributed by atoms with E-state index >= 15 is 0 Å². The lowest BCUT2D eigenvalue weighted by Crippen LogP contribution is -2.20. The molecule has 0 fully saturated rings. The van der Waals surface area contributed by atoms with Crippen molar-refractivity contribution < 1.29 is 18.3 Å². The Morgan fingerprint density at radius 3 is 2.41 bits per heavy atom. The van der Waals surface area contributed by atoms with Crippen LogP contribution in [0.5, 0.6) is 0 Å². The lowest BCUT2D eigenvalue weighted by molar-refractivity contribution is 0.0697. The van der Waals surface area contributed by atoms with Crippen LogP contribution in [0.3, 0.4) is 0 Å². The van der Waals surface area contributed by atoms with Crippen molar-refractivity contribution in [1.82, 2.24) is 0 Å². The van der Waals surface area contributed by atoms with Crippen molar-refractivity contribution in [2.24, 2.45) is 0 Å². The summed E-state index contributed by atoms with van der Waals surface area (Å²) < 4.78 is 28.5. The molecule has 0 amide bonds. The van der Waals surface area contributed by atoms with Crippen LogP contribution in [0.15, 0.2) is 71.6 Å². The first-order chi connectivity index (χ1) is 15.3. The molecule has 0 unspecified atom stereocenters. The van der Waals surface area contributed by atoms with Gasteiger partial charge in [0.05, 0.1) is 16.1 Å². The number of carboxylic acid groups (broad SMARTS) is 1. The first-order valence-corrected chi connectivity index (χ1v) is 12.1. The summed E-state index contributed by atoms with van der Waals surface area (Å²) in [5.74, 6) is -1.12. The van der Waals surface area contributed by atoms with E-state index in [2.05, 4.69) is 4.72 Å². The number of hydrogen-bond acceptors (Lipinski definition) is 4. The molecule has 4 rings (SSSR count). The second kappa shape index (κ2) is 9.04. The fourth-order valence-corrected chi connectivity index (χ4v) is 5.24. The van der Waals surface area contributed by atoms with Crippen molar-refractivity contribution in [3.05, 3.63) is 89.0 Å². The lowest BCUT2D eigenvalue weighted by atomic mass is 9.92. The third-order valence-corrected chi connectivity index (χ3v) is 7.16. The summed E-state index contributed by atoms with van der Waals surface area (Å²) in [6, 6.07) is 19.6. The van der Waals surface area contributed by atoms with Crippen LogP contribution in [-0.4, -0.2) is 26.5 Å². The molecule has 1 aliphatic rings. The number of rotatable bonds is 7. The Balaban J connectivity index is 1.59. The van der Waals surface area contributed by atoms with E-state index < -0.39 is 16.0 Å². The molecule has 32 heavy (non-hydrogen) atoms. The predicted molar refractivity (Wildman–Crippen MR) is 126 cm³/mol. The van der Waals surface area contributed by atoms with Gasteiger partial charge in [-0.25, -0.2) is 13.2 Å². The van der Waals surface area contributed by atoms with E-state index in [9.17, 15) is 18.3 Å². The van der Waals surface area contributed by atoms with Crippen LogP contribution in [0.25, 0.3) is 0 Å². The predicted octanol–water partition coefficient (Wildman–Crippen LogP) is 4.70. The molecule has 0 aromatic heterocycles. The summed E-state index contributed by atoms with van der Waals surface area (Å²) in [5.41, 5.74) is 4.09. The van der Waals surface area contributed by atoms with E-state index in [1.165, 1.54) is 11.6 Å². The van der Waals surface area contributed by atoms with Crippen LogP contribution < -0.4 is 9.62 Å².